The molecule has 0 saturated heterocycles. The van der Waals surface area contributed by atoms with Gasteiger partial charge in [-0.1, -0.05) is 12.1 Å². The van der Waals surface area contributed by atoms with Crippen molar-refractivity contribution in [3.05, 3.63) is 57.8 Å². The molecule has 3 N–H and O–H groups in total. The fourth-order valence-corrected chi connectivity index (χ4v) is 2.01. The van der Waals surface area contributed by atoms with Gasteiger partial charge in [0.15, 0.2) is 0 Å². The van der Waals surface area contributed by atoms with E-state index in [-0.39, 0.29) is 17.1 Å². The number of carbonyl (C=O) groups is 1. The Labute approximate surface area is 133 Å². The monoisotopic (exact) mass is 315 g/mol. The van der Waals surface area contributed by atoms with Crippen molar-refractivity contribution in [2.24, 2.45) is 5.73 Å². The standard InChI is InChI=1S/C15H17N5O3/c1-19(2)11-5-3-4-10(6-11)8-17-15-13(14(16)21)7-12(9-18-15)20(22)23/h3-7,9H,8H2,1-2H3,(H2,16,21)(H,17,18). The van der Waals surface area contributed by atoms with Gasteiger partial charge in [0.1, 0.15) is 12.0 Å². The first-order chi connectivity index (χ1) is 10.9. The van der Waals surface area contributed by atoms with E-state index in [1.807, 2.05) is 43.3 Å². The van der Waals surface area contributed by atoms with Crippen molar-refractivity contribution in [1.82, 2.24) is 4.98 Å². The van der Waals surface area contributed by atoms with Crippen LogP contribution in [0.5, 0.6) is 0 Å². The summed E-state index contributed by atoms with van der Waals surface area (Å²) in [6.07, 6.45) is 1.09. The lowest BCUT2D eigenvalue weighted by Crippen LogP contribution is -2.16. The summed E-state index contributed by atoms with van der Waals surface area (Å²) < 4.78 is 0. The summed E-state index contributed by atoms with van der Waals surface area (Å²) in [6, 6.07) is 8.93. The number of primary amides is 1. The predicted octanol–water partition coefficient (Wildman–Crippen LogP) is 1.77. The Bertz CT molecular complexity index is 746. The molecule has 0 aliphatic heterocycles. The van der Waals surface area contributed by atoms with Gasteiger partial charge in [0.2, 0.25) is 0 Å². The maximum Gasteiger partial charge on any atom is 0.288 e. The normalized spacial score (nSPS) is 10.2. The minimum Gasteiger partial charge on any atom is -0.378 e. The van der Waals surface area contributed by atoms with Crippen molar-refractivity contribution >= 4 is 23.1 Å². The van der Waals surface area contributed by atoms with Gasteiger partial charge >= 0.3 is 0 Å². The number of carbonyl (C=O) groups excluding carboxylic acids is 1. The summed E-state index contributed by atoms with van der Waals surface area (Å²) in [5, 5.41) is 13.7. The van der Waals surface area contributed by atoms with Crippen LogP contribution < -0.4 is 16.0 Å². The summed E-state index contributed by atoms with van der Waals surface area (Å²) >= 11 is 0. The molecule has 8 heteroatoms. The topological polar surface area (TPSA) is 114 Å². The van der Waals surface area contributed by atoms with Crippen molar-refractivity contribution in [3.63, 3.8) is 0 Å². The van der Waals surface area contributed by atoms with Crippen molar-refractivity contribution in [2.45, 2.75) is 6.54 Å². The van der Waals surface area contributed by atoms with Crippen LogP contribution in [0.2, 0.25) is 0 Å². The van der Waals surface area contributed by atoms with Crippen molar-refractivity contribution in [1.29, 1.82) is 0 Å². The van der Waals surface area contributed by atoms with E-state index in [9.17, 15) is 14.9 Å². The van der Waals surface area contributed by atoms with E-state index < -0.39 is 10.8 Å². The second-order valence-electron chi connectivity index (χ2n) is 5.13. The summed E-state index contributed by atoms with van der Waals surface area (Å²) in [5.41, 5.74) is 6.99. The third kappa shape index (κ3) is 3.94. The lowest BCUT2D eigenvalue weighted by molar-refractivity contribution is -0.385. The Hall–Kier alpha value is -3.16. The summed E-state index contributed by atoms with van der Waals surface area (Å²) in [6.45, 7) is 0.409. The molecule has 0 bridgehead atoms. The smallest absolute Gasteiger partial charge is 0.288 e. The number of anilines is 2. The highest BCUT2D eigenvalue weighted by Crippen LogP contribution is 2.20. The largest absolute Gasteiger partial charge is 0.378 e. The summed E-state index contributed by atoms with van der Waals surface area (Å²) in [7, 11) is 3.88. The fraction of sp³-hybridized carbons (Fsp3) is 0.200. The molecule has 0 aliphatic rings. The highest BCUT2D eigenvalue weighted by atomic mass is 16.6. The zero-order valence-corrected chi connectivity index (χ0v) is 12.8. The molecule has 1 aromatic carbocycles. The zero-order chi connectivity index (χ0) is 17.0. The molecular weight excluding hydrogens is 298 g/mol. The number of hydrogen-bond acceptors (Lipinski definition) is 6. The number of nitrogens with one attached hydrogen (secondary N) is 1. The third-order valence-electron chi connectivity index (χ3n) is 3.24. The number of aromatic nitrogens is 1. The van der Waals surface area contributed by atoms with Crippen LogP contribution in [0.25, 0.3) is 0 Å². The molecule has 0 radical (unpaired) electrons. The molecule has 23 heavy (non-hydrogen) atoms. The quantitative estimate of drug-likeness (QED) is 0.620. The van der Waals surface area contributed by atoms with Gasteiger partial charge in [-0.05, 0) is 17.7 Å². The molecule has 0 aliphatic carbocycles. The molecule has 1 aromatic heterocycles. The van der Waals surface area contributed by atoms with Crippen LogP contribution in [-0.4, -0.2) is 29.9 Å². The highest BCUT2D eigenvalue weighted by molar-refractivity contribution is 5.98. The minimum absolute atomic E-state index is 0.0111. The van der Waals surface area contributed by atoms with Gasteiger partial charge in [0.25, 0.3) is 11.6 Å². The van der Waals surface area contributed by atoms with Crippen LogP contribution in [0.4, 0.5) is 17.2 Å². The number of amides is 1. The molecule has 0 fully saturated rings. The average molecular weight is 315 g/mol. The number of hydrogen-bond donors (Lipinski definition) is 2. The Balaban J connectivity index is 2.21. The highest BCUT2D eigenvalue weighted by Gasteiger charge is 2.16. The Morgan fingerprint density at radius 1 is 1.39 bits per heavy atom. The summed E-state index contributed by atoms with van der Waals surface area (Å²) in [5.74, 6) is -0.552. The van der Waals surface area contributed by atoms with Crippen molar-refractivity contribution in [2.75, 3.05) is 24.3 Å². The molecule has 2 rings (SSSR count). The first-order valence-corrected chi connectivity index (χ1v) is 6.83. The van der Waals surface area contributed by atoms with E-state index in [2.05, 4.69) is 10.3 Å². The Morgan fingerprint density at radius 2 is 2.13 bits per heavy atom. The SMILES string of the molecule is CN(C)c1cccc(CNc2ncc([N+](=O)[O-])cc2C(N)=O)c1. The van der Waals surface area contributed by atoms with Gasteiger partial charge < -0.3 is 16.0 Å². The van der Waals surface area contributed by atoms with Crippen molar-refractivity contribution in [3.8, 4) is 0 Å². The van der Waals surface area contributed by atoms with Gasteiger partial charge in [-0.15, -0.1) is 0 Å². The van der Waals surface area contributed by atoms with Crippen LogP contribution >= 0.6 is 0 Å². The maximum absolute atomic E-state index is 11.5. The molecule has 120 valence electrons. The number of nitrogens with two attached hydrogens (primary N) is 1. The van der Waals surface area contributed by atoms with Crippen LogP contribution in [0.1, 0.15) is 15.9 Å². The first-order valence-electron chi connectivity index (χ1n) is 6.83. The third-order valence-corrected chi connectivity index (χ3v) is 3.24. The van der Waals surface area contributed by atoms with Gasteiger partial charge in [-0.3, -0.25) is 14.9 Å². The van der Waals surface area contributed by atoms with Gasteiger partial charge in [-0.2, -0.15) is 0 Å². The van der Waals surface area contributed by atoms with Crippen LogP contribution in [-0.2, 0) is 6.54 Å². The molecule has 0 unspecified atom stereocenters. The zero-order valence-electron chi connectivity index (χ0n) is 12.8. The lowest BCUT2D eigenvalue weighted by Gasteiger charge is -2.14. The van der Waals surface area contributed by atoms with Gasteiger partial charge in [0.05, 0.1) is 10.5 Å². The van der Waals surface area contributed by atoms with E-state index in [0.29, 0.717) is 6.54 Å². The van der Waals surface area contributed by atoms with Gasteiger partial charge in [0, 0.05) is 32.4 Å². The maximum atomic E-state index is 11.5. The van der Waals surface area contributed by atoms with Gasteiger partial charge in [-0.25, -0.2) is 4.98 Å². The van der Waals surface area contributed by atoms with Crippen LogP contribution in [0.3, 0.4) is 0 Å². The second-order valence-corrected chi connectivity index (χ2v) is 5.13. The number of nitrogens with zero attached hydrogens (tertiary/aromatic N) is 3. The molecule has 8 nitrogen and oxygen atoms in total. The molecule has 0 atom stereocenters. The van der Waals surface area contributed by atoms with E-state index >= 15 is 0 Å². The molecule has 0 saturated carbocycles. The Morgan fingerprint density at radius 3 is 2.74 bits per heavy atom. The number of benzene rings is 1. The number of rotatable bonds is 6. The van der Waals surface area contributed by atoms with E-state index in [1.165, 1.54) is 0 Å². The number of nitro groups is 1. The number of pyridine rings is 1. The molecule has 1 amide bonds. The molecule has 1 heterocycles. The lowest BCUT2D eigenvalue weighted by atomic mass is 10.1. The molecular formula is C15H17N5O3. The van der Waals surface area contributed by atoms with E-state index in [4.69, 9.17) is 5.73 Å². The second kappa shape index (κ2) is 6.73. The van der Waals surface area contributed by atoms with E-state index in [0.717, 1.165) is 23.5 Å². The average Bonchev–Trinajstić information content (AvgIpc) is 2.52. The molecule has 2 aromatic rings. The van der Waals surface area contributed by atoms with Crippen molar-refractivity contribution < 1.29 is 9.72 Å². The molecule has 0 spiro atoms. The predicted molar refractivity (Wildman–Crippen MR) is 87.5 cm³/mol. The Kier molecular flexibility index (Phi) is 4.75. The van der Waals surface area contributed by atoms with E-state index in [1.54, 1.807) is 0 Å². The minimum atomic E-state index is -0.772. The first kappa shape index (κ1) is 16.2. The fourth-order valence-electron chi connectivity index (χ4n) is 2.01. The van der Waals surface area contributed by atoms with Crippen LogP contribution in [0, 0.1) is 10.1 Å². The van der Waals surface area contributed by atoms with Crippen LogP contribution in [0.15, 0.2) is 36.5 Å². The summed E-state index contributed by atoms with van der Waals surface area (Å²) in [4.78, 5) is 27.5.